The van der Waals surface area contributed by atoms with Gasteiger partial charge in [0.05, 0.1) is 0 Å². The summed E-state index contributed by atoms with van der Waals surface area (Å²) in [6.07, 6.45) is 4.16. The van der Waals surface area contributed by atoms with Crippen molar-refractivity contribution in [2.75, 3.05) is 0 Å². The molecule has 1 unspecified atom stereocenters. The molecule has 14 heavy (non-hydrogen) atoms. The fraction of sp³-hybridized carbons (Fsp3) is 0.462. The van der Waals surface area contributed by atoms with Gasteiger partial charge in [0.2, 0.25) is 0 Å². The highest BCUT2D eigenvalue weighted by Gasteiger charge is 2.10. The number of benzene rings is 1. The van der Waals surface area contributed by atoms with Crippen LogP contribution in [0.1, 0.15) is 43.7 Å². The van der Waals surface area contributed by atoms with E-state index in [1.165, 1.54) is 11.1 Å². The molecule has 1 aromatic carbocycles. The minimum atomic E-state index is 0.0812. The summed E-state index contributed by atoms with van der Waals surface area (Å²) in [5, 5.41) is 0. The lowest BCUT2D eigenvalue weighted by molar-refractivity contribution is -0.109. The van der Waals surface area contributed by atoms with Crippen molar-refractivity contribution in [2.45, 2.75) is 39.0 Å². The molecule has 0 bridgehead atoms. The van der Waals surface area contributed by atoms with Crippen LogP contribution >= 0.6 is 0 Å². The Hall–Kier alpha value is -1.11. The van der Waals surface area contributed by atoms with E-state index in [9.17, 15) is 4.79 Å². The minimum Gasteiger partial charge on any atom is -0.303 e. The zero-order valence-electron chi connectivity index (χ0n) is 8.99. The van der Waals surface area contributed by atoms with E-state index in [1.807, 2.05) is 12.1 Å². The minimum absolute atomic E-state index is 0.0812. The molecule has 0 saturated carbocycles. The van der Waals surface area contributed by atoms with E-state index >= 15 is 0 Å². The summed E-state index contributed by atoms with van der Waals surface area (Å²) in [7, 11) is 0. The molecule has 1 heteroatoms. The maximum Gasteiger partial charge on any atom is 0.127 e. The first-order valence-electron chi connectivity index (χ1n) is 5.36. The van der Waals surface area contributed by atoms with E-state index in [2.05, 4.69) is 26.0 Å². The number of rotatable bonds is 5. The molecule has 0 aliphatic heterocycles. The van der Waals surface area contributed by atoms with Crippen LogP contribution < -0.4 is 0 Å². The molecular weight excluding hydrogens is 172 g/mol. The summed E-state index contributed by atoms with van der Waals surface area (Å²) in [4.78, 5) is 10.9. The number of carbonyl (C=O) groups excluding carboxylic acids is 1. The van der Waals surface area contributed by atoms with Crippen molar-refractivity contribution in [1.29, 1.82) is 0 Å². The molecule has 0 aromatic heterocycles. The molecule has 0 radical (unpaired) electrons. The third-order valence-electron chi connectivity index (χ3n) is 2.58. The van der Waals surface area contributed by atoms with E-state index in [4.69, 9.17) is 0 Å². The van der Waals surface area contributed by atoms with Crippen molar-refractivity contribution in [1.82, 2.24) is 0 Å². The van der Waals surface area contributed by atoms with Crippen molar-refractivity contribution in [3.8, 4) is 0 Å². The summed E-state index contributed by atoms with van der Waals surface area (Å²) >= 11 is 0. The zero-order chi connectivity index (χ0) is 10.4. The second-order valence-corrected chi connectivity index (χ2v) is 3.60. The van der Waals surface area contributed by atoms with Gasteiger partial charge < -0.3 is 4.79 Å². The highest BCUT2D eigenvalue weighted by atomic mass is 16.1. The van der Waals surface area contributed by atoms with Crippen LogP contribution in [-0.4, -0.2) is 6.29 Å². The van der Waals surface area contributed by atoms with E-state index in [1.54, 1.807) is 0 Å². The summed E-state index contributed by atoms with van der Waals surface area (Å²) in [6.45, 7) is 4.22. The average Bonchev–Trinajstić information content (AvgIpc) is 2.23. The van der Waals surface area contributed by atoms with Crippen LogP contribution in [0.4, 0.5) is 0 Å². The lowest BCUT2D eigenvalue weighted by atomic mass is 9.91. The summed E-state index contributed by atoms with van der Waals surface area (Å²) < 4.78 is 0. The molecule has 76 valence electrons. The predicted octanol–water partition coefficient (Wildman–Crippen LogP) is 3.33. The Morgan fingerprint density at radius 2 is 2.00 bits per heavy atom. The molecule has 0 spiro atoms. The molecule has 0 fully saturated rings. The predicted molar refractivity (Wildman–Crippen MR) is 59.5 cm³/mol. The summed E-state index contributed by atoms with van der Waals surface area (Å²) in [5.41, 5.74) is 2.54. The van der Waals surface area contributed by atoms with E-state index in [0.29, 0.717) is 0 Å². The van der Waals surface area contributed by atoms with Crippen LogP contribution in [0, 0.1) is 0 Å². The van der Waals surface area contributed by atoms with Crippen LogP contribution in [-0.2, 0) is 11.2 Å². The summed E-state index contributed by atoms with van der Waals surface area (Å²) in [5.74, 6) is 0.0812. The largest absolute Gasteiger partial charge is 0.303 e. The van der Waals surface area contributed by atoms with Gasteiger partial charge in [-0.1, -0.05) is 44.5 Å². The van der Waals surface area contributed by atoms with Crippen LogP contribution in [0.5, 0.6) is 0 Å². The molecule has 0 N–H and O–H groups in total. The second-order valence-electron chi connectivity index (χ2n) is 3.60. The van der Waals surface area contributed by atoms with E-state index in [0.717, 1.165) is 25.5 Å². The monoisotopic (exact) mass is 190 g/mol. The molecular formula is C13H18O. The van der Waals surface area contributed by atoms with Gasteiger partial charge in [-0.15, -0.1) is 0 Å². The molecule has 0 saturated heterocycles. The number of aldehydes is 1. The third kappa shape index (κ3) is 2.44. The fourth-order valence-corrected chi connectivity index (χ4v) is 1.78. The molecule has 1 atom stereocenters. The molecule has 1 rings (SSSR count). The molecule has 0 aliphatic carbocycles. The molecule has 1 aromatic rings. The maximum atomic E-state index is 10.9. The normalized spacial score (nSPS) is 12.4. The Labute approximate surface area is 86.1 Å². The molecule has 0 heterocycles. The lowest BCUT2D eigenvalue weighted by Gasteiger charge is -2.12. The lowest BCUT2D eigenvalue weighted by Crippen LogP contribution is -2.02. The second kappa shape index (κ2) is 5.58. The van der Waals surface area contributed by atoms with Gasteiger partial charge in [0.15, 0.2) is 0 Å². The fourth-order valence-electron chi connectivity index (χ4n) is 1.78. The van der Waals surface area contributed by atoms with Crippen molar-refractivity contribution < 1.29 is 4.79 Å². The SMILES string of the molecule is CCCc1ccccc1C(C=O)CC. The van der Waals surface area contributed by atoms with Crippen LogP contribution in [0.15, 0.2) is 24.3 Å². The number of aryl methyl sites for hydroxylation is 1. The van der Waals surface area contributed by atoms with Gasteiger partial charge in [-0.25, -0.2) is 0 Å². The van der Waals surface area contributed by atoms with Gasteiger partial charge in [0, 0.05) is 5.92 Å². The van der Waals surface area contributed by atoms with Crippen molar-refractivity contribution in [3.63, 3.8) is 0 Å². The Balaban J connectivity index is 2.98. The number of carbonyl (C=O) groups is 1. The quantitative estimate of drug-likeness (QED) is 0.651. The molecule has 0 aliphatic rings. The Kier molecular flexibility index (Phi) is 4.37. The first-order chi connectivity index (χ1) is 6.83. The Bertz CT molecular complexity index is 291. The van der Waals surface area contributed by atoms with Gasteiger partial charge in [0.25, 0.3) is 0 Å². The first-order valence-corrected chi connectivity index (χ1v) is 5.36. The average molecular weight is 190 g/mol. The zero-order valence-corrected chi connectivity index (χ0v) is 8.99. The number of hydrogen-bond donors (Lipinski definition) is 0. The Morgan fingerprint density at radius 1 is 1.29 bits per heavy atom. The highest BCUT2D eigenvalue weighted by molar-refractivity contribution is 5.63. The molecule has 1 nitrogen and oxygen atoms in total. The maximum absolute atomic E-state index is 10.9. The standard InChI is InChI=1S/C13H18O/c1-3-7-12-8-5-6-9-13(12)11(4-2)10-14/h5-6,8-11H,3-4,7H2,1-2H3. The van der Waals surface area contributed by atoms with Gasteiger partial charge in [-0.2, -0.15) is 0 Å². The third-order valence-corrected chi connectivity index (χ3v) is 2.58. The van der Waals surface area contributed by atoms with E-state index < -0.39 is 0 Å². The Morgan fingerprint density at radius 3 is 2.57 bits per heavy atom. The highest BCUT2D eigenvalue weighted by Crippen LogP contribution is 2.22. The smallest absolute Gasteiger partial charge is 0.127 e. The van der Waals surface area contributed by atoms with Crippen molar-refractivity contribution in [2.24, 2.45) is 0 Å². The van der Waals surface area contributed by atoms with Gasteiger partial charge in [-0.3, -0.25) is 0 Å². The van der Waals surface area contributed by atoms with Crippen LogP contribution in [0.3, 0.4) is 0 Å². The van der Waals surface area contributed by atoms with Gasteiger partial charge in [0.1, 0.15) is 6.29 Å². The topological polar surface area (TPSA) is 17.1 Å². The van der Waals surface area contributed by atoms with Crippen molar-refractivity contribution in [3.05, 3.63) is 35.4 Å². The van der Waals surface area contributed by atoms with E-state index in [-0.39, 0.29) is 5.92 Å². The van der Waals surface area contributed by atoms with Gasteiger partial charge in [-0.05, 0) is 24.0 Å². The van der Waals surface area contributed by atoms with Crippen LogP contribution in [0.2, 0.25) is 0 Å². The molecule has 0 amide bonds. The van der Waals surface area contributed by atoms with Crippen LogP contribution in [0.25, 0.3) is 0 Å². The van der Waals surface area contributed by atoms with Gasteiger partial charge >= 0.3 is 0 Å². The van der Waals surface area contributed by atoms with Crippen molar-refractivity contribution >= 4 is 6.29 Å². The number of hydrogen-bond acceptors (Lipinski definition) is 1. The summed E-state index contributed by atoms with van der Waals surface area (Å²) in [6, 6.07) is 8.27. The first kappa shape index (κ1) is 11.0.